The van der Waals surface area contributed by atoms with Crippen LogP contribution in [-0.2, 0) is 4.74 Å². The predicted molar refractivity (Wildman–Crippen MR) is 45.8 cm³/mol. The second-order valence-electron chi connectivity index (χ2n) is 3.86. The van der Waals surface area contributed by atoms with Crippen molar-refractivity contribution in [1.82, 2.24) is 0 Å². The number of allylic oxidation sites excluding steroid dienone is 2. The van der Waals surface area contributed by atoms with Gasteiger partial charge in [-0.1, -0.05) is 13.8 Å². The van der Waals surface area contributed by atoms with Crippen LogP contribution in [0.15, 0.2) is 11.8 Å². The molecular weight excluding hydrogens is 138 g/mol. The van der Waals surface area contributed by atoms with Crippen molar-refractivity contribution in [2.24, 2.45) is 5.41 Å². The van der Waals surface area contributed by atoms with Crippen LogP contribution in [0.5, 0.6) is 0 Å². The van der Waals surface area contributed by atoms with E-state index < -0.39 is 0 Å². The van der Waals surface area contributed by atoms with Crippen molar-refractivity contribution in [1.29, 1.82) is 5.41 Å². The number of methoxy groups -OCH3 is 1. The van der Waals surface area contributed by atoms with Crippen LogP contribution in [0.3, 0.4) is 0 Å². The van der Waals surface area contributed by atoms with Crippen LogP contribution < -0.4 is 0 Å². The van der Waals surface area contributed by atoms with Crippen LogP contribution in [-0.4, -0.2) is 12.8 Å². The topological polar surface area (TPSA) is 33.1 Å². The Kier molecular flexibility index (Phi) is 2.03. The summed E-state index contributed by atoms with van der Waals surface area (Å²) in [6, 6.07) is 0. The van der Waals surface area contributed by atoms with Gasteiger partial charge in [0.2, 0.25) is 0 Å². The molecule has 1 aliphatic rings. The Bertz CT molecular complexity index is 204. The average Bonchev–Trinajstić information content (AvgIpc) is 1.83. The molecule has 0 aromatic carbocycles. The minimum atomic E-state index is 0.206. The summed E-state index contributed by atoms with van der Waals surface area (Å²) in [5.41, 5.74) is 0.884. The first-order valence-corrected chi connectivity index (χ1v) is 3.85. The molecule has 1 aliphatic carbocycles. The van der Waals surface area contributed by atoms with Gasteiger partial charge in [0.25, 0.3) is 0 Å². The summed E-state index contributed by atoms with van der Waals surface area (Å²) in [5, 5.41) is 7.52. The summed E-state index contributed by atoms with van der Waals surface area (Å²) < 4.78 is 5.12. The molecule has 1 N–H and O–H groups in total. The molecule has 0 aliphatic heterocycles. The standard InChI is InChI=1S/C9H15NO/c1-9(2)5-7(10)4-8(6-9)11-3/h4,10H,5-6H2,1-3H3. The molecule has 0 saturated carbocycles. The highest BCUT2D eigenvalue weighted by Gasteiger charge is 2.25. The van der Waals surface area contributed by atoms with Crippen LogP contribution in [0.25, 0.3) is 0 Å². The Morgan fingerprint density at radius 3 is 2.55 bits per heavy atom. The van der Waals surface area contributed by atoms with Crippen LogP contribution in [0.2, 0.25) is 0 Å². The molecule has 2 nitrogen and oxygen atoms in total. The van der Waals surface area contributed by atoms with Gasteiger partial charge < -0.3 is 10.1 Å². The molecule has 2 heteroatoms. The molecule has 62 valence electrons. The molecule has 0 radical (unpaired) electrons. The van der Waals surface area contributed by atoms with Gasteiger partial charge in [-0.15, -0.1) is 0 Å². The Labute approximate surface area is 67.8 Å². The summed E-state index contributed by atoms with van der Waals surface area (Å²) in [5.74, 6) is 0.936. The molecule has 0 amide bonds. The zero-order valence-corrected chi connectivity index (χ0v) is 7.40. The van der Waals surface area contributed by atoms with Crippen molar-refractivity contribution < 1.29 is 4.74 Å². The van der Waals surface area contributed by atoms with E-state index in [0.29, 0.717) is 5.71 Å². The first-order chi connectivity index (χ1) is 5.03. The maximum atomic E-state index is 7.52. The van der Waals surface area contributed by atoms with E-state index >= 15 is 0 Å². The van der Waals surface area contributed by atoms with Crippen molar-refractivity contribution >= 4 is 5.71 Å². The first kappa shape index (κ1) is 8.31. The van der Waals surface area contributed by atoms with E-state index in [0.717, 1.165) is 18.6 Å². The fourth-order valence-corrected chi connectivity index (χ4v) is 1.48. The summed E-state index contributed by atoms with van der Waals surface area (Å²) in [4.78, 5) is 0. The van der Waals surface area contributed by atoms with Gasteiger partial charge in [0.1, 0.15) is 0 Å². The maximum Gasteiger partial charge on any atom is 0.0978 e. The van der Waals surface area contributed by atoms with E-state index in [9.17, 15) is 0 Å². The molecule has 0 fully saturated rings. The van der Waals surface area contributed by atoms with E-state index in [2.05, 4.69) is 13.8 Å². The number of rotatable bonds is 1. The van der Waals surface area contributed by atoms with Crippen LogP contribution in [0, 0.1) is 10.8 Å². The lowest BCUT2D eigenvalue weighted by atomic mass is 9.79. The Balaban J connectivity index is 2.78. The summed E-state index contributed by atoms with van der Waals surface area (Å²) in [6.07, 6.45) is 3.64. The minimum absolute atomic E-state index is 0.206. The summed E-state index contributed by atoms with van der Waals surface area (Å²) >= 11 is 0. The fraction of sp³-hybridized carbons (Fsp3) is 0.667. The lowest BCUT2D eigenvalue weighted by Crippen LogP contribution is -2.21. The van der Waals surface area contributed by atoms with E-state index in [1.807, 2.05) is 6.08 Å². The quantitative estimate of drug-likeness (QED) is 0.616. The highest BCUT2D eigenvalue weighted by molar-refractivity contribution is 5.93. The van der Waals surface area contributed by atoms with Gasteiger partial charge in [-0.05, 0) is 17.9 Å². The third-order valence-electron chi connectivity index (χ3n) is 1.92. The second-order valence-corrected chi connectivity index (χ2v) is 3.86. The predicted octanol–water partition coefficient (Wildman–Crippen LogP) is 2.36. The zero-order valence-electron chi connectivity index (χ0n) is 7.40. The van der Waals surface area contributed by atoms with Gasteiger partial charge in [0.05, 0.1) is 12.9 Å². The minimum Gasteiger partial charge on any atom is -0.501 e. The maximum absolute atomic E-state index is 7.52. The number of nitrogens with one attached hydrogen (secondary N) is 1. The molecule has 0 atom stereocenters. The molecule has 0 bridgehead atoms. The van der Waals surface area contributed by atoms with E-state index in [-0.39, 0.29) is 5.41 Å². The van der Waals surface area contributed by atoms with Gasteiger partial charge in [-0.3, -0.25) is 0 Å². The molecule has 0 aromatic heterocycles. The highest BCUT2D eigenvalue weighted by Crippen LogP contribution is 2.33. The van der Waals surface area contributed by atoms with E-state index in [4.69, 9.17) is 10.1 Å². The molecule has 0 spiro atoms. The van der Waals surface area contributed by atoms with E-state index in [1.165, 1.54) is 0 Å². The molecule has 0 unspecified atom stereocenters. The Morgan fingerprint density at radius 2 is 2.09 bits per heavy atom. The molecule has 1 rings (SSSR count). The van der Waals surface area contributed by atoms with Gasteiger partial charge in [0.15, 0.2) is 0 Å². The monoisotopic (exact) mass is 153 g/mol. The highest BCUT2D eigenvalue weighted by atomic mass is 16.5. The molecule has 11 heavy (non-hydrogen) atoms. The first-order valence-electron chi connectivity index (χ1n) is 3.85. The smallest absolute Gasteiger partial charge is 0.0978 e. The van der Waals surface area contributed by atoms with Gasteiger partial charge in [-0.2, -0.15) is 0 Å². The summed E-state index contributed by atoms with van der Waals surface area (Å²) in [7, 11) is 1.67. The van der Waals surface area contributed by atoms with Crippen molar-refractivity contribution in [2.75, 3.05) is 7.11 Å². The second kappa shape index (κ2) is 2.68. The molecule has 0 heterocycles. The molecule has 0 aromatic rings. The van der Waals surface area contributed by atoms with Gasteiger partial charge in [0, 0.05) is 12.1 Å². The third-order valence-corrected chi connectivity index (χ3v) is 1.92. The average molecular weight is 153 g/mol. The summed E-state index contributed by atoms with van der Waals surface area (Å²) in [6.45, 7) is 4.32. The largest absolute Gasteiger partial charge is 0.501 e. The lowest BCUT2D eigenvalue weighted by molar-refractivity contribution is 0.225. The normalized spacial score (nSPS) is 22.8. The Morgan fingerprint density at radius 1 is 1.45 bits per heavy atom. The molecular formula is C9H15NO. The zero-order chi connectivity index (χ0) is 8.48. The van der Waals surface area contributed by atoms with Gasteiger partial charge >= 0.3 is 0 Å². The third kappa shape index (κ3) is 2.07. The van der Waals surface area contributed by atoms with Crippen molar-refractivity contribution in [2.45, 2.75) is 26.7 Å². The van der Waals surface area contributed by atoms with Crippen LogP contribution in [0.4, 0.5) is 0 Å². The van der Waals surface area contributed by atoms with Gasteiger partial charge in [-0.25, -0.2) is 0 Å². The number of hydrogen-bond acceptors (Lipinski definition) is 2. The van der Waals surface area contributed by atoms with Crippen LogP contribution >= 0.6 is 0 Å². The SMILES string of the molecule is COC1=CC(=N)CC(C)(C)C1. The Hall–Kier alpha value is -0.790. The number of hydrogen-bond donors (Lipinski definition) is 1. The fourth-order valence-electron chi connectivity index (χ4n) is 1.48. The van der Waals surface area contributed by atoms with Crippen molar-refractivity contribution in [3.63, 3.8) is 0 Å². The molecule has 0 saturated heterocycles. The van der Waals surface area contributed by atoms with Crippen LogP contribution in [0.1, 0.15) is 26.7 Å². The number of ether oxygens (including phenoxy) is 1. The van der Waals surface area contributed by atoms with E-state index in [1.54, 1.807) is 7.11 Å². The van der Waals surface area contributed by atoms with Crippen molar-refractivity contribution in [3.05, 3.63) is 11.8 Å². The van der Waals surface area contributed by atoms with Crippen molar-refractivity contribution in [3.8, 4) is 0 Å². The lowest BCUT2D eigenvalue weighted by Gasteiger charge is -2.28.